The zero-order chi connectivity index (χ0) is 24.8. The van der Waals surface area contributed by atoms with Crippen LogP contribution in [0.4, 0.5) is 5.95 Å². The van der Waals surface area contributed by atoms with Crippen LogP contribution in [0.2, 0.25) is 0 Å². The van der Waals surface area contributed by atoms with E-state index >= 15 is 0 Å². The third-order valence-corrected chi connectivity index (χ3v) is 7.51. The number of quaternary nitrogens is 1. The maximum Gasteiger partial charge on any atom is 0.306 e. The maximum atomic E-state index is 11.4. The van der Waals surface area contributed by atoms with E-state index in [1.807, 2.05) is 26.2 Å². The third-order valence-electron chi connectivity index (χ3n) is 7.51. The number of aromatic nitrogens is 2. The number of nitrogens with one attached hydrogen (secondary N) is 1. The number of fused-ring (bicyclic) bond motifs is 1. The molecule has 35 heavy (non-hydrogen) atoms. The van der Waals surface area contributed by atoms with E-state index in [0.29, 0.717) is 18.5 Å². The van der Waals surface area contributed by atoms with Crippen molar-refractivity contribution in [3.8, 4) is 0 Å². The molecule has 0 bridgehead atoms. The highest BCUT2D eigenvalue weighted by Crippen LogP contribution is 2.28. The van der Waals surface area contributed by atoms with Gasteiger partial charge in [0, 0.05) is 50.6 Å². The van der Waals surface area contributed by atoms with Crippen LogP contribution < -0.4 is 5.32 Å². The van der Waals surface area contributed by atoms with Crippen LogP contribution in [-0.2, 0) is 16.1 Å². The monoisotopic (exact) mass is 478 g/mol. The molecule has 5 rings (SSSR count). The molecule has 1 aromatic heterocycles. The minimum atomic E-state index is 0.251. The summed E-state index contributed by atoms with van der Waals surface area (Å²) in [6, 6.07) is 9.40. The van der Waals surface area contributed by atoms with Crippen LogP contribution in [0.1, 0.15) is 60.9 Å². The van der Waals surface area contributed by atoms with Crippen molar-refractivity contribution in [2.45, 2.75) is 58.0 Å². The van der Waals surface area contributed by atoms with Crippen LogP contribution >= 0.6 is 0 Å². The summed E-state index contributed by atoms with van der Waals surface area (Å²) in [5.41, 5.74) is 5.80. The number of amides is 1. The first-order valence-electron chi connectivity index (χ1n) is 12.8. The Kier molecular flexibility index (Phi) is 8.31. The standard InChI is InChI=1S/C15H21N4O2.C13H19N/c1-11-7-12-8-16-15(17-13-3-5-21-6-4-13)18-14(12)9-19(11,2)10-20;1-11-5-7-12(8-6-11)13-4-3-9-14(2)10-13/h7-8,10,13H,3-6,9H2,1-2H3,(H,16,17,18);5-8,13H,3-4,9-10H2,1-2H3/q+1;. The maximum absolute atomic E-state index is 11.4. The number of carbonyl (C=O) groups is 1. The smallest absolute Gasteiger partial charge is 0.306 e. The Morgan fingerprint density at radius 3 is 2.57 bits per heavy atom. The fourth-order valence-electron chi connectivity index (χ4n) is 4.97. The lowest BCUT2D eigenvalue weighted by atomic mass is 9.90. The number of ether oxygens (including phenoxy) is 1. The summed E-state index contributed by atoms with van der Waals surface area (Å²) in [6.45, 7) is 8.75. The predicted octanol–water partition coefficient (Wildman–Crippen LogP) is 4.35. The molecule has 0 spiro atoms. The van der Waals surface area contributed by atoms with E-state index in [1.165, 1.54) is 37.1 Å². The Labute approximate surface area is 209 Å². The van der Waals surface area contributed by atoms with Gasteiger partial charge in [-0.3, -0.25) is 0 Å². The molecule has 0 aliphatic carbocycles. The minimum absolute atomic E-state index is 0.251. The van der Waals surface area contributed by atoms with Gasteiger partial charge in [0.2, 0.25) is 5.95 Å². The zero-order valence-corrected chi connectivity index (χ0v) is 21.7. The number of hydrogen-bond acceptors (Lipinski definition) is 6. The van der Waals surface area contributed by atoms with Crippen molar-refractivity contribution in [1.82, 2.24) is 14.9 Å². The van der Waals surface area contributed by atoms with Crippen LogP contribution in [0.15, 0.2) is 36.2 Å². The summed E-state index contributed by atoms with van der Waals surface area (Å²) in [4.78, 5) is 22.8. The van der Waals surface area contributed by atoms with Gasteiger partial charge in [0.15, 0.2) is 0 Å². The summed E-state index contributed by atoms with van der Waals surface area (Å²) in [7, 11) is 4.12. The molecule has 2 saturated heterocycles. The van der Waals surface area contributed by atoms with Gasteiger partial charge in [-0.25, -0.2) is 19.2 Å². The average molecular weight is 479 g/mol. The summed E-state index contributed by atoms with van der Waals surface area (Å²) in [5, 5.41) is 3.37. The van der Waals surface area contributed by atoms with Gasteiger partial charge in [0.1, 0.15) is 17.9 Å². The second-order valence-electron chi connectivity index (χ2n) is 10.5. The van der Waals surface area contributed by atoms with E-state index in [0.717, 1.165) is 55.3 Å². The number of carbonyl (C=O) groups excluding carboxylic acids is 1. The van der Waals surface area contributed by atoms with Gasteiger partial charge in [-0.1, -0.05) is 29.8 Å². The second-order valence-corrected chi connectivity index (χ2v) is 10.5. The Morgan fingerprint density at radius 2 is 1.89 bits per heavy atom. The molecular formula is C28H40N5O2+. The van der Waals surface area contributed by atoms with E-state index < -0.39 is 0 Å². The van der Waals surface area contributed by atoms with Crippen LogP contribution in [-0.4, -0.2) is 72.2 Å². The molecule has 7 nitrogen and oxygen atoms in total. The molecule has 2 aromatic rings. The lowest BCUT2D eigenvalue weighted by Crippen LogP contribution is -2.42. The molecule has 0 radical (unpaired) electrons. The molecule has 0 saturated carbocycles. The highest BCUT2D eigenvalue weighted by molar-refractivity contribution is 5.58. The first-order valence-corrected chi connectivity index (χ1v) is 12.8. The van der Waals surface area contributed by atoms with E-state index in [1.54, 1.807) is 0 Å². The van der Waals surface area contributed by atoms with Crippen LogP contribution in [0.3, 0.4) is 0 Å². The highest BCUT2D eigenvalue weighted by Gasteiger charge is 2.31. The number of likely N-dealkylation sites (tertiary alicyclic amines) is 1. The summed E-state index contributed by atoms with van der Waals surface area (Å²) in [5.74, 6) is 1.40. The number of aryl methyl sites for hydroxylation is 1. The number of hydrogen-bond donors (Lipinski definition) is 1. The molecule has 4 heterocycles. The van der Waals surface area contributed by atoms with Crippen molar-refractivity contribution in [1.29, 1.82) is 0 Å². The van der Waals surface area contributed by atoms with Crippen LogP contribution in [0, 0.1) is 6.92 Å². The van der Waals surface area contributed by atoms with Gasteiger partial charge in [-0.2, -0.15) is 0 Å². The normalized spacial score (nSPS) is 25.0. The van der Waals surface area contributed by atoms with Crippen LogP contribution in [0.5, 0.6) is 0 Å². The summed E-state index contributed by atoms with van der Waals surface area (Å²) in [6.07, 6.45) is 9.43. The van der Waals surface area contributed by atoms with Gasteiger partial charge < -0.3 is 15.0 Å². The molecule has 1 amide bonds. The molecule has 1 aromatic carbocycles. The topological polar surface area (TPSA) is 67.4 Å². The first kappa shape index (κ1) is 25.5. The van der Waals surface area contributed by atoms with Crippen molar-refractivity contribution in [2.75, 3.05) is 45.7 Å². The fraction of sp³-hybridized carbons (Fsp3) is 0.536. The van der Waals surface area contributed by atoms with Gasteiger partial charge in [0.05, 0.1) is 7.05 Å². The van der Waals surface area contributed by atoms with Gasteiger partial charge in [0.25, 0.3) is 0 Å². The van der Waals surface area contributed by atoms with Crippen molar-refractivity contribution in [3.63, 3.8) is 0 Å². The Balaban J connectivity index is 0.000000179. The lowest BCUT2D eigenvalue weighted by molar-refractivity contribution is -0.800. The van der Waals surface area contributed by atoms with Crippen molar-refractivity contribution in [2.24, 2.45) is 0 Å². The number of anilines is 1. The second kappa shape index (κ2) is 11.4. The molecule has 188 valence electrons. The molecule has 2 atom stereocenters. The van der Waals surface area contributed by atoms with Gasteiger partial charge >= 0.3 is 6.41 Å². The quantitative estimate of drug-likeness (QED) is 0.521. The average Bonchev–Trinajstić information content (AvgIpc) is 2.86. The number of benzene rings is 1. The number of nitrogens with zero attached hydrogens (tertiary/aromatic N) is 4. The predicted molar refractivity (Wildman–Crippen MR) is 140 cm³/mol. The Hall–Kier alpha value is -2.61. The van der Waals surface area contributed by atoms with E-state index in [-0.39, 0.29) is 4.48 Å². The first-order chi connectivity index (χ1) is 16.9. The Morgan fingerprint density at radius 1 is 1.14 bits per heavy atom. The minimum Gasteiger partial charge on any atom is -0.381 e. The molecule has 7 heteroatoms. The van der Waals surface area contributed by atoms with Crippen molar-refractivity contribution >= 4 is 18.4 Å². The van der Waals surface area contributed by atoms with E-state index in [9.17, 15) is 4.79 Å². The lowest BCUT2D eigenvalue weighted by Gasteiger charge is -2.31. The van der Waals surface area contributed by atoms with E-state index in [2.05, 4.69) is 58.4 Å². The number of likely N-dealkylation sites (N-methyl/N-ethyl adjacent to an activating group) is 1. The highest BCUT2D eigenvalue weighted by atomic mass is 16.5. The molecule has 3 aliphatic heterocycles. The number of piperidine rings is 1. The molecule has 3 aliphatic rings. The molecular weight excluding hydrogens is 438 g/mol. The molecule has 1 N–H and O–H groups in total. The van der Waals surface area contributed by atoms with E-state index in [4.69, 9.17) is 4.74 Å². The number of rotatable bonds is 4. The van der Waals surface area contributed by atoms with Crippen molar-refractivity contribution in [3.05, 3.63) is 58.5 Å². The SMILES string of the molecule is CC1=Cc2cnc(NC3CCOCC3)nc2C[N+]1(C)C=O.Cc1ccc(C2CCCN(C)C2)cc1. The number of allylic oxidation sites excluding steroid dienone is 1. The zero-order valence-electron chi connectivity index (χ0n) is 21.7. The fourth-order valence-corrected chi connectivity index (χ4v) is 4.97. The van der Waals surface area contributed by atoms with Crippen molar-refractivity contribution < 1.29 is 14.0 Å². The Bertz CT molecular complexity index is 1030. The third kappa shape index (κ3) is 6.54. The van der Waals surface area contributed by atoms with Crippen LogP contribution in [0.25, 0.3) is 6.08 Å². The van der Waals surface area contributed by atoms with Gasteiger partial charge in [-0.15, -0.1) is 0 Å². The molecule has 2 fully saturated rings. The largest absolute Gasteiger partial charge is 0.381 e. The van der Waals surface area contributed by atoms with Gasteiger partial charge in [-0.05, 0) is 57.7 Å². The molecule has 2 unspecified atom stereocenters. The summed E-state index contributed by atoms with van der Waals surface area (Å²) >= 11 is 0. The summed E-state index contributed by atoms with van der Waals surface area (Å²) < 4.78 is 5.60.